The van der Waals surface area contributed by atoms with Crippen LogP contribution in [0, 0.1) is 20.8 Å². The molecule has 0 bridgehead atoms. The van der Waals surface area contributed by atoms with Gasteiger partial charge in [-0.3, -0.25) is 9.52 Å². The first-order chi connectivity index (χ1) is 16.4. The zero-order chi connectivity index (χ0) is 25.9. The van der Waals surface area contributed by atoms with Crippen LogP contribution in [0.1, 0.15) is 70.9 Å². The average molecular weight is 495 g/mol. The summed E-state index contributed by atoms with van der Waals surface area (Å²) < 4.78 is 33.9. The van der Waals surface area contributed by atoms with E-state index >= 15 is 0 Å². The highest BCUT2D eigenvalue weighted by atomic mass is 32.2. The predicted molar refractivity (Wildman–Crippen MR) is 141 cm³/mol. The topological polar surface area (TPSA) is 84.5 Å². The van der Waals surface area contributed by atoms with Crippen LogP contribution in [0.3, 0.4) is 0 Å². The number of methoxy groups -OCH3 is 1. The Balaban J connectivity index is 1.85. The highest BCUT2D eigenvalue weighted by Gasteiger charge is 2.21. The molecule has 3 aromatic rings. The van der Waals surface area contributed by atoms with Crippen LogP contribution >= 0.6 is 0 Å². The minimum absolute atomic E-state index is 0.168. The fraction of sp³-hybridized carbons (Fsp3) is 0.321. The second kappa shape index (κ2) is 10.5. The van der Waals surface area contributed by atoms with E-state index in [1.54, 1.807) is 56.5 Å². The number of aryl methyl sites for hydroxylation is 2. The Morgan fingerprint density at radius 3 is 2.17 bits per heavy atom. The highest BCUT2D eigenvalue weighted by molar-refractivity contribution is 7.92. The van der Waals surface area contributed by atoms with E-state index in [9.17, 15) is 13.2 Å². The van der Waals surface area contributed by atoms with Crippen LogP contribution < -0.4 is 14.8 Å². The van der Waals surface area contributed by atoms with E-state index in [-0.39, 0.29) is 22.8 Å². The van der Waals surface area contributed by atoms with Crippen LogP contribution in [0.15, 0.2) is 59.5 Å². The fourth-order valence-corrected chi connectivity index (χ4v) is 5.20. The van der Waals surface area contributed by atoms with Crippen LogP contribution in [0.25, 0.3) is 0 Å². The van der Waals surface area contributed by atoms with Gasteiger partial charge in [0.25, 0.3) is 15.9 Å². The Morgan fingerprint density at radius 1 is 0.914 bits per heavy atom. The van der Waals surface area contributed by atoms with E-state index in [0.717, 1.165) is 28.0 Å². The lowest BCUT2D eigenvalue weighted by Gasteiger charge is -2.22. The number of rotatable bonds is 8. The molecule has 0 fully saturated rings. The van der Waals surface area contributed by atoms with Gasteiger partial charge in [0.2, 0.25) is 0 Å². The van der Waals surface area contributed by atoms with Crippen molar-refractivity contribution < 1.29 is 17.9 Å². The maximum absolute atomic E-state index is 13.2. The van der Waals surface area contributed by atoms with Gasteiger partial charge in [0.15, 0.2) is 0 Å². The summed E-state index contributed by atoms with van der Waals surface area (Å²) in [6, 6.07) is 15.5. The Labute approximate surface area is 208 Å². The summed E-state index contributed by atoms with van der Waals surface area (Å²) in [5.41, 5.74) is 5.43. The molecule has 1 atom stereocenters. The number of hydrogen-bond donors (Lipinski definition) is 2. The van der Waals surface area contributed by atoms with Crippen molar-refractivity contribution in [1.29, 1.82) is 0 Å². The summed E-state index contributed by atoms with van der Waals surface area (Å²) in [6.45, 7) is 11.8. The molecule has 1 amide bonds. The van der Waals surface area contributed by atoms with Gasteiger partial charge in [-0.25, -0.2) is 8.42 Å². The first-order valence-corrected chi connectivity index (χ1v) is 13.1. The number of nitrogens with one attached hydrogen (secondary N) is 2. The molecule has 6 nitrogen and oxygen atoms in total. The molecule has 0 saturated heterocycles. The molecule has 35 heavy (non-hydrogen) atoms. The molecule has 0 heterocycles. The van der Waals surface area contributed by atoms with Gasteiger partial charge in [-0.2, -0.15) is 0 Å². The molecule has 7 heteroatoms. The van der Waals surface area contributed by atoms with Crippen LogP contribution in [0.4, 0.5) is 5.69 Å². The largest absolute Gasteiger partial charge is 0.496 e. The summed E-state index contributed by atoms with van der Waals surface area (Å²) in [5, 5.41) is 3.07. The third-order valence-corrected chi connectivity index (χ3v) is 7.59. The Morgan fingerprint density at radius 2 is 1.57 bits per heavy atom. The van der Waals surface area contributed by atoms with Crippen LogP contribution in [0.2, 0.25) is 0 Å². The predicted octanol–water partition coefficient (Wildman–Crippen LogP) is 6.04. The molecule has 2 N–H and O–H groups in total. The Hall–Kier alpha value is -3.32. The van der Waals surface area contributed by atoms with Crippen molar-refractivity contribution in [2.24, 2.45) is 0 Å². The molecular formula is C28H34N2O4S. The lowest BCUT2D eigenvalue weighted by molar-refractivity contribution is 0.0939. The number of carbonyl (C=O) groups is 1. The SMILES string of the molecule is COc1cc(C)c([C@H](C)NC(=O)c2cccc(NS(=O)(=O)c3ccc(C)cc3)c2C)cc1C(C)C. The molecule has 0 aliphatic rings. The number of carbonyl (C=O) groups excluding carboxylic acids is 1. The van der Waals surface area contributed by atoms with Crippen LogP contribution in [0.5, 0.6) is 5.75 Å². The molecule has 0 unspecified atom stereocenters. The van der Waals surface area contributed by atoms with Gasteiger partial charge >= 0.3 is 0 Å². The average Bonchev–Trinajstić information content (AvgIpc) is 2.79. The van der Waals surface area contributed by atoms with Crippen molar-refractivity contribution >= 4 is 21.6 Å². The van der Waals surface area contributed by atoms with Crippen molar-refractivity contribution in [3.8, 4) is 5.75 Å². The van der Waals surface area contributed by atoms with Crippen molar-refractivity contribution in [2.75, 3.05) is 11.8 Å². The number of amides is 1. The fourth-order valence-electron chi connectivity index (χ4n) is 4.08. The molecule has 0 spiro atoms. The summed E-state index contributed by atoms with van der Waals surface area (Å²) in [5.74, 6) is 0.838. The van der Waals surface area contributed by atoms with Crippen molar-refractivity contribution in [3.05, 3.63) is 88.0 Å². The number of benzene rings is 3. The molecule has 186 valence electrons. The summed E-state index contributed by atoms with van der Waals surface area (Å²) in [4.78, 5) is 13.4. The summed E-state index contributed by atoms with van der Waals surface area (Å²) >= 11 is 0. The second-order valence-electron chi connectivity index (χ2n) is 9.20. The molecule has 0 aliphatic heterocycles. The molecule has 0 aromatic heterocycles. The lowest BCUT2D eigenvalue weighted by Crippen LogP contribution is -2.28. The van der Waals surface area contributed by atoms with E-state index in [2.05, 4.69) is 30.0 Å². The monoisotopic (exact) mass is 494 g/mol. The third kappa shape index (κ3) is 5.85. The van der Waals surface area contributed by atoms with Gasteiger partial charge in [-0.1, -0.05) is 37.6 Å². The van der Waals surface area contributed by atoms with Gasteiger partial charge in [0.1, 0.15) is 5.75 Å². The molecule has 3 rings (SSSR count). The first kappa shape index (κ1) is 26.3. The maximum atomic E-state index is 13.2. The van der Waals surface area contributed by atoms with E-state index in [0.29, 0.717) is 16.8 Å². The van der Waals surface area contributed by atoms with Crippen LogP contribution in [-0.4, -0.2) is 21.4 Å². The van der Waals surface area contributed by atoms with E-state index in [1.165, 1.54) is 0 Å². The first-order valence-electron chi connectivity index (χ1n) is 11.6. The zero-order valence-electron chi connectivity index (χ0n) is 21.4. The Bertz CT molecular complexity index is 1330. The van der Waals surface area contributed by atoms with Gasteiger partial charge in [0.05, 0.1) is 23.7 Å². The standard InChI is InChI=1S/C28H34N2O4S/c1-17(2)24-16-25(19(4)15-27(24)34-7)21(6)29-28(31)23-9-8-10-26(20(23)5)30-35(32,33)22-13-11-18(3)12-14-22/h8-17,21,30H,1-7H3,(H,29,31)/t21-/m0/s1. The van der Waals surface area contributed by atoms with Gasteiger partial charge < -0.3 is 10.1 Å². The van der Waals surface area contributed by atoms with Crippen molar-refractivity contribution in [3.63, 3.8) is 0 Å². The Kier molecular flexibility index (Phi) is 7.90. The number of ether oxygens (including phenoxy) is 1. The van der Waals surface area contributed by atoms with E-state index in [4.69, 9.17) is 4.74 Å². The molecule has 0 radical (unpaired) electrons. The van der Waals surface area contributed by atoms with E-state index < -0.39 is 10.0 Å². The van der Waals surface area contributed by atoms with Gasteiger partial charge in [-0.15, -0.1) is 0 Å². The maximum Gasteiger partial charge on any atom is 0.261 e. The molecule has 0 aliphatic carbocycles. The normalized spacial score (nSPS) is 12.3. The van der Waals surface area contributed by atoms with Crippen molar-refractivity contribution in [1.82, 2.24) is 5.32 Å². The molecule has 3 aromatic carbocycles. The lowest BCUT2D eigenvalue weighted by atomic mass is 9.93. The highest BCUT2D eigenvalue weighted by Crippen LogP contribution is 2.32. The smallest absolute Gasteiger partial charge is 0.261 e. The zero-order valence-corrected chi connectivity index (χ0v) is 22.2. The van der Waals surface area contributed by atoms with E-state index in [1.807, 2.05) is 26.8 Å². The number of hydrogen-bond acceptors (Lipinski definition) is 4. The van der Waals surface area contributed by atoms with Crippen molar-refractivity contribution in [2.45, 2.75) is 58.4 Å². The molecular weight excluding hydrogens is 460 g/mol. The van der Waals surface area contributed by atoms with Gasteiger partial charge in [0, 0.05) is 5.56 Å². The number of sulfonamides is 1. The summed E-state index contributed by atoms with van der Waals surface area (Å²) in [6.07, 6.45) is 0. The quantitative estimate of drug-likeness (QED) is 0.400. The summed E-state index contributed by atoms with van der Waals surface area (Å²) in [7, 11) is -2.12. The second-order valence-corrected chi connectivity index (χ2v) is 10.9. The minimum atomic E-state index is -3.78. The van der Waals surface area contributed by atoms with Crippen LogP contribution in [-0.2, 0) is 10.0 Å². The minimum Gasteiger partial charge on any atom is -0.496 e. The molecule has 0 saturated carbocycles. The number of anilines is 1. The third-order valence-electron chi connectivity index (χ3n) is 6.21. The van der Waals surface area contributed by atoms with Gasteiger partial charge in [-0.05, 0) is 92.3 Å².